The summed E-state index contributed by atoms with van der Waals surface area (Å²) in [6.07, 6.45) is 9.66. The Labute approximate surface area is 113 Å². The molecule has 1 aliphatic heterocycles. The van der Waals surface area contributed by atoms with Gasteiger partial charge in [0, 0.05) is 18.5 Å². The van der Waals surface area contributed by atoms with Gasteiger partial charge in [-0.15, -0.1) is 0 Å². The molecule has 1 nitrogen and oxygen atoms in total. The third-order valence-electron chi connectivity index (χ3n) is 4.75. The quantitative estimate of drug-likeness (QED) is 0.520. The van der Waals surface area contributed by atoms with Crippen LogP contribution in [0.4, 0.5) is 0 Å². The van der Waals surface area contributed by atoms with Crippen molar-refractivity contribution >= 4 is 25.1 Å². The second-order valence-electron chi connectivity index (χ2n) is 6.30. The highest BCUT2D eigenvalue weighted by Crippen LogP contribution is 2.41. The number of rotatable bonds is 1. The van der Waals surface area contributed by atoms with E-state index >= 15 is 0 Å². The molecule has 0 N–H and O–H groups in total. The van der Waals surface area contributed by atoms with Crippen LogP contribution in [0, 0.1) is 5.92 Å². The average molecular weight is 251 g/mol. The van der Waals surface area contributed by atoms with Crippen LogP contribution in [-0.2, 0) is 0 Å². The van der Waals surface area contributed by atoms with Gasteiger partial charge in [0.05, 0.1) is 4.99 Å². The maximum Gasteiger partial charge on any atom is 0.105 e. The van der Waals surface area contributed by atoms with Crippen molar-refractivity contribution < 1.29 is 0 Å². The Morgan fingerprint density at radius 2 is 1.82 bits per heavy atom. The van der Waals surface area contributed by atoms with Crippen LogP contribution in [0.15, 0.2) is 0 Å². The van der Waals surface area contributed by atoms with Crippen molar-refractivity contribution in [1.29, 1.82) is 0 Å². The molecule has 0 aromatic carbocycles. The van der Waals surface area contributed by atoms with Gasteiger partial charge in [0.1, 0.15) is 7.85 Å². The number of likely N-dealkylation sites (tertiary alicyclic amines) is 1. The first-order valence-corrected chi connectivity index (χ1v) is 7.83. The van der Waals surface area contributed by atoms with Crippen LogP contribution < -0.4 is 0 Å². The molecule has 2 aliphatic rings. The van der Waals surface area contributed by atoms with Crippen LogP contribution in [0.5, 0.6) is 0 Å². The third kappa shape index (κ3) is 2.86. The maximum atomic E-state index is 5.63. The largest absolute Gasteiger partial charge is 0.360 e. The van der Waals surface area contributed by atoms with Crippen LogP contribution in [-0.4, -0.2) is 29.8 Å². The maximum absolute atomic E-state index is 5.63. The van der Waals surface area contributed by atoms with Crippen molar-refractivity contribution in [3.05, 3.63) is 0 Å². The van der Waals surface area contributed by atoms with E-state index in [0.717, 1.165) is 17.8 Å². The van der Waals surface area contributed by atoms with E-state index in [4.69, 9.17) is 12.2 Å². The van der Waals surface area contributed by atoms with Gasteiger partial charge in [-0.05, 0) is 26.2 Å². The summed E-state index contributed by atoms with van der Waals surface area (Å²) < 4.78 is 0. The van der Waals surface area contributed by atoms with Gasteiger partial charge in [-0.2, -0.15) is 0 Å². The monoisotopic (exact) mass is 251 g/mol. The Balaban J connectivity index is 2.16. The van der Waals surface area contributed by atoms with Crippen LogP contribution in [0.25, 0.3) is 0 Å². The minimum atomic E-state index is 0.588. The van der Waals surface area contributed by atoms with Crippen LogP contribution >= 0.6 is 12.2 Å². The van der Waals surface area contributed by atoms with Crippen molar-refractivity contribution in [3.8, 4) is 0 Å². The van der Waals surface area contributed by atoms with E-state index in [2.05, 4.69) is 26.6 Å². The van der Waals surface area contributed by atoms with E-state index < -0.39 is 0 Å². The summed E-state index contributed by atoms with van der Waals surface area (Å²) in [6, 6.07) is 1.33. The minimum absolute atomic E-state index is 0.588. The van der Waals surface area contributed by atoms with Gasteiger partial charge in [-0.3, -0.25) is 0 Å². The van der Waals surface area contributed by atoms with Crippen molar-refractivity contribution in [2.45, 2.75) is 76.7 Å². The van der Waals surface area contributed by atoms with Gasteiger partial charge >= 0.3 is 0 Å². The molecular weight excluding hydrogens is 225 g/mol. The highest BCUT2D eigenvalue weighted by Gasteiger charge is 2.40. The summed E-state index contributed by atoms with van der Waals surface area (Å²) in [6.45, 7) is 4.60. The zero-order chi connectivity index (χ0) is 12.4. The fourth-order valence-corrected chi connectivity index (χ4v) is 4.36. The van der Waals surface area contributed by atoms with Gasteiger partial charge in [0.25, 0.3) is 0 Å². The minimum Gasteiger partial charge on any atom is -0.360 e. The molecule has 0 spiro atoms. The molecule has 2 fully saturated rings. The van der Waals surface area contributed by atoms with Gasteiger partial charge in [-0.25, -0.2) is 0 Å². The van der Waals surface area contributed by atoms with Gasteiger partial charge < -0.3 is 4.90 Å². The molecule has 3 atom stereocenters. The molecule has 2 rings (SSSR count). The molecule has 0 aromatic heterocycles. The summed E-state index contributed by atoms with van der Waals surface area (Å²) in [5.41, 5.74) is 0. The molecule has 1 saturated carbocycles. The van der Waals surface area contributed by atoms with Gasteiger partial charge in [0.2, 0.25) is 0 Å². The van der Waals surface area contributed by atoms with E-state index in [1.54, 1.807) is 0 Å². The zero-order valence-electron chi connectivity index (χ0n) is 11.6. The SMILES string of the molecule is BC1CCCCCCC2C1CC(=S)N2C(C)C. The first kappa shape index (κ1) is 13.4. The summed E-state index contributed by atoms with van der Waals surface area (Å²) in [5.74, 6) is 1.70. The Bertz CT molecular complexity index is 279. The molecule has 1 saturated heterocycles. The zero-order valence-corrected chi connectivity index (χ0v) is 12.4. The standard InChI is InChI=1S/C14H26BNS/c1-10(2)16-13-8-6-4-3-5-7-12(15)11(13)9-14(16)17/h10-13H,3-9,15H2,1-2H3. The number of hydrogen-bond acceptors (Lipinski definition) is 1. The number of hydrogen-bond donors (Lipinski definition) is 0. The number of nitrogens with zero attached hydrogens (tertiary/aromatic N) is 1. The average Bonchev–Trinajstić information content (AvgIpc) is 2.61. The van der Waals surface area contributed by atoms with Crippen molar-refractivity contribution in [3.63, 3.8) is 0 Å². The lowest BCUT2D eigenvalue weighted by Gasteiger charge is -2.34. The van der Waals surface area contributed by atoms with E-state index in [1.807, 2.05) is 0 Å². The molecule has 0 bridgehead atoms. The van der Waals surface area contributed by atoms with E-state index in [0.29, 0.717) is 6.04 Å². The Hall–Kier alpha value is -0.0451. The highest BCUT2D eigenvalue weighted by atomic mass is 32.1. The van der Waals surface area contributed by atoms with E-state index in [1.165, 1.54) is 49.9 Å². The molecule has 1 heterocycles. The molecule has 1 aliphatic carbocycles. The van der Waals surface area contributed by atoms with Crippen LogP contribution in [0.3, 0.4) is 0 Å². The Kier molecular flexibility index (Phi) is 4.51. The predicted molar refractivity (Wildman–Crippen MR) is 81.5 cm³/mol. The van der Waals surface area contributed by atoms with Crippen molar-refractivity contribution in [2.75, 3.05) is 0 Å². The lowest BCUT2D eigenvalue weighted by molar-refractivity contribution is 0.218. The summed E-state index contributed by atoms with van der Waals surface area (Å²) >= 11 is 5.63. The van der Waals surface area contributed by atoms with E-state index in [-0.39, 0.29) is 0 Å². The molecule has 3 heteroatoms. The fraction of sp³-hybridized carbons (Fsp3) is 0.929. The van der Waals surface area contributed by atoms with Crippen LogP contribution in [0.1, 0.15) is 58.8 Å². The molecule has 0 amide bonds. The van der Waals surface area contributed by atoms with Gasteiger partial charge in [0.15, 0.2) is 0 Å². The number of thiocarbonyl (C=S) groups is 1. The molecular formula is C14H26BNS. The first-order chi connectivity index (χ1) is 8.11. The third-order valence-corrected chi connectivity index (χ3v) is 5.12. The number of fused-ring (bicyclic) bond motifs is 1. The summed E-state index contributed by atoms with van der Waals surface area (Å²) in [7, 11) is 2.45. The fourth-order valence-electron chi connectivity index (χ4n) is 3.83. The topological polar surface area (TPSA) is 3.24 Å². The lowest BCUT2D eigenvalue weighted by Crippen LogP contribution is -2.40. The molecule has 17 heavy (non-hydrogen) atoms. The second-order valence-corrected chi connectivity index (χ2v) is 6.77. The predicted octanol–water partition coefficient (Wildman–Crippen LogP) is 3.19. The molecule has 0 aromatic rings. The Morgan fingerprint density at radius 1 is 1.18 bits per heavy atom. The van der Waals surface area contributed by atoms with Crippen molar-refractivity contribution in [2.24, 2.45) is 5.92 Å². The summed E-state index contributed by atoms with van der Waals surface area (Å²) in [4.78, 5) is 3.80. The molecule has 96 valence electrons. The first-order valence-electron chi connectivity index (χ1n) is 7.42. The lowest BCUT2D eigenvalue weighted by atomic mass is 9.70. The smallest absolute Gasteiger partial charge is 0.105 e. The summed E-state index contributed by atoms with van der Waals surface area (Å²) in [5, 5.41) is 0. The van der Waals surface area contributed by atoms with Crippen LogP contribution in [0.2, 0.25) is 5.82 Å². The van der Waals surface area contributed by atoms with E-state index in [9.17, 15) is 0 Å². The molecule has 3 unspecified atom stereocenters. The second kappa shape index (κ2) is 5.73. The normalized spacial score (nSPS) is 35.4. The highest BCUT2D eigenvalue weighted by molar-refractivity contribution is 7.80. The van der Waals surface area contributed by atoms with Gasteiger partial charge in [-0.1, -0.05) is 50.1 Å². The molecule has 0 radical (unpaired) electrons. The Morgan fingerprint density at radius 3 is 2.47 bits per heavy atom. The van der Waals surface area contributed by atoms with Crippen molar-refractivity contribution in [1.82, 2.24) is 4.90 Å².